The lowest BCUT2D eigenvalue weighted by molar-refractivity contribution is 0.137. The average molecular weight is 245 g/mol. The molecule has 18 heavy (non-hydrogen) atoms. The molecule has 2 nitrogen and oxygen atoms in total. The molecule has 0 heterocycles. The van der Waals surface area contributed by atoms with Crippen molar-refractivity contribution in [3.63, 3.8) is 0 Å². The Bertz CT molecular complexity index is 441. The maximum atomic E-state index is 9.10. The first-order valence-corrected chi connectivity index (χ1v) is 6.35. The standard InChI is InChI=1S/C16H23NO/c1-13-8-6-7-9-14(13)18-12-16(4,5)10-15(2,3)11-17/h6-9H,10,12H2,1-5H3. The quantitative estimate of drug-likeness (QED) is 0.773. The Morgan fingerprint density at radius 1 is 1.17 bits per heavy atom. The van der Waals surface area contributed by atoms with E-state index in [0.29, 0.717) is 6.61 Å². The van der Waals surface area contributed by atoms with Gasteiger partial charge in [0.25, 0.3) is 0 Å². The highest BCUT2D eigenvalue weighted by Crippen LogP contribution is 2.33. The Labute approximate surface area is 111 Å². The summed E-state index contributed by atoms with van der Waals surface area (Å²) in [6.45, 7) is 10.9. The zero-order valence-electron chi connectivity index (χ0n) is 12.1. The number of aryl methyl sites for hydroxylation is 1. The van der Waals surface area contributed by atoms with E-state index in [2.05, 4.69) is 19.9 Å². The SMILES string of the molecule is Cc1ccccc1OCC(C)(C)CC(C)(C)C#N. The van der Waals surface area contributed by atoms with Crippen LogP contribution in [0.1, 0.15) is 39.7 Å². The van der Waals surface area contributed by atoms with Gasteiger partial charge in [-0.3, -0.25) is 0 Å². The van der Waals surface area contributed by atoms with Gasteiger partial charge < -0.3 is 4.74 Å². The van der Waals surface area contributed by atoms with Crippen LogP contribution in [0.5, 0.6) is 5.75 Å². The van der Waals surface area contributed by atoms with Gasteiger partial charge in [0.1, 0.15) is 5.75 Å². The largest absolute Gasteiger partial charge is 0.493 e. The lowest BCUT2D eigenvalue weighted by Crippen LogP contribution is -2.28. The number of para-hydroxylation sites is 1. The molecule has 98 valence electrons. The molecule has 1 aromatic rings. The van der Waals surface area contributed by atoms with Gasteiger partial charge in [0.2, 0.25) is 0 Å². The fraction of sp³-hybridized carbons (Fsp3) is 0.562. The molecule has 2 heteroatoms. The molecule has 0 saturated carbocycles. The van der Waals surface area contributed by atoms with Crippen molar-refractivity contribution >= 4 is 0 Å². The molecule has 0 N–H and O–H groups in total. The minimum absolute atomic E-state index is 0.0124. The van der Waals surface area contributed by atoms with Crippen LogP contribution in [0.3, 0.4) is 0 Å². The number of hydrogen-bond acceptors (Lipinski definition) is 2. The summed E-state index contributed by atoms with van der Waals surface area (Å²) in [4.78, 5) is 0. The molecule has 0 aliphatic heterocycles. The first-order valence-electron chi connectivity index (χ1n) is 6.35. The number of nitrogens with zero attached hydrogens (tertiary/aromatic N) is 1. The van der Waals surface area contributed by atoms with Crippen LogP contribution in [-0.4, -0.2) is 6.61 Å². The summed E-state index contributed by atoms with van der Waals surface area (Å²) < 4.78 is 5.88. The van der Waals surface area contributed by atoms with Crippen LogP contribution in [0.25, 0.3) is 0 Å². The van der Waals surface area contributed by atoms with Gasteiger partial charge in [-0.15, -0.1) is 0 Å². The molecule has 0 saturated heterocycles. The van der Waals surface area contributed by atoms with Gasteiger partial charge in [0, 0.05) is 5.41 Å². The van der Waals surface area contributed by atoms with Crippen molar-refractivity contribution in [3.05, 3.63) is 29.8 Å². The summed E-state index contributed by atoms with van der Waals surface area (Å²) >= 11 is 0. The molecule has 0 aliphatic carbocycles. The molecule has 0 radical (unpaired) electrons. The monoisotopic (exact) mass is 245 g/mol. The minimum Gasteiger partial charge on any atom is -0.493 e. The normalized spacial score (nSPS) is 12.0. The van der Waals surface area contributed by atoms with Gasteiger partial charge in [0.15, 0.2) is 0 Å². The van der Waals surface area contributed by atoms with E-state index in [-0.39, 0.29) is 10.8 Å². The highest BCUT2D eigenvalue weighted by molar-refractivity contribution is 5.31. The van der Waals surface area contributed by atoms with Crippen LogP contribution in [0.4, 0.5) is 0 Å². The minimum atomic E-state index is -0.307. The van der Waals surface area contributed by atoms with Gasteiger partial charge in [-0.2, -0.15) is 5.26 Å². The Kier molecular flexibility index (Phi) is 4.40. The second-order valence-electron chi connectivity index (χ2n) is 6.39. The Morgan fingerprint density at radius 2 is 1.78 bits per heavy atom. The van der Waals surface area contributed by atoms with Crippen molar-refractivity contribution in [3.8, 4) is 11.8 Å². The predicted octanol–water partition coefficient (Wildman–Crippen LogP) is 4.34. The highest BCUT2D eigenvalue weighted by Gasteiger charge is 2.29. The molecule has 0 unspecified atom stereocenters. The summed E-state index contributed by atoms with van der Waals surface area (Å²) in [5, 5.41) is 9.10. The molecule has 0 spiro atoms. The number of hydrogen-bond donors (Lipinski definition) is 0. The fourth-order valence-electron chi connectivity index (χ4n) is 2.28. The number of benzene rings is 1. The summed E-state index contributed by atoms with van der Waals surface area (Å²) in [7, 11) is 0. The topological polar surface area (TPSA) is 33.0 Å². The molecular formula is C16H23NO. The number of nitriles is 1. The van der Waals surface area contributed by atoms with Gasteiger partial charge in [-0.25, -0.2) is 0 Å². The van der Waals surface area contributed by atoms with Gasteiger partial charge in [-0.05, 0) is 38.8 Å². The van der Waals surface area contributed by atoms with Crippen LogP contribution >= 0.6 is 0 Å². The summed E-state index contributed by atoms with van der Waals surface area (Å²) in [6.07, 6.45) is 0.822. The summed E-state index contributed by atoms with van der Waals surface area (Å²) in [5.41, 5.74) is 0.827. The van der Waals surface area contributed by atoms with Crippen LogP contribution in [-0.2, 0) is 0 Å². The first kappa shape index (κ1) is 14.6. The van der Waals surface area contributed by atoms with Crippen LogP contribution < -0.4 is 4.74 Å². The van der Waals surface area contributed by atoms with Gasteiger partial charge >= 0.3 is 0 Å². The molecule has 0 fully saturated rings. The summed E-state index contributed by atoms with van der Waals surface area (Å²) in [6, 6.07) is 10.4. The molecule has 0 aromatic heterocycles. The van der Waals surface area contributed by atoms with E-state index in [9.17, 15) is 0 Å². The van der Waals surface area contributed by atoms with Crippen LogP contribution in [0.15, 0.2) is 24.3 Å². The summed E-state index contributed by atoms with van der Waals surface area (Å²) in [5.74, 6) is 0.931. The maximum absolute atomic E-state index is 9.10. The van der Waals surface area contributed by atoms with Crippen molar-refractivity contribution in [1.82, 2.24) is 0 Å². The van der Waals surface area contributed by atoms with Gasteiger partial charge in [0.05, 0.1) is 18.1 Å². The van der Waals surface area contributed by atoms with Crippen molar-refractivity contribution in [2.75, 3.05) is 6.61 Å². The van der Waals surface area contributed by atoms with E-state index in [1.807, 2.05) is 45.0 Å². The third kappa shape index (κ3) is 4.41. The molecule has 0 atom stereocenters. The van der Waals surface area contributed by atoms with Crippen molar-refractivity contribution in [2.24, 2.45) is 10.8 Å². The van der Waals surface area contributed by atoms with Crippen LogP contribution in [0, 0.1) is 29.1 Å². The smallest absolute Gasteiger partial charge is 0.122 e. The predicted molar refractivity (Wildman–Crippen MR) is 74.5 cm³/mol. The number of ether oxygens (including phenoxy) is 1. The molecule has 0 bridgehead atoms. The van der Waals surface area contributed by atoms with E-state index in [1.165, 1.54) is 0 Å². The van der Waals surface area contributed by atoms with E-state index in [1.54, 1.807) is 0 Å². The van der Waals surface area contributed by atoms with E-state index >= 15 is 0 Å². The lowest BCUT2D eigenvalue weighted by Gasteiger charge is -2.30. The molecule has 1 aromatic carbocycles. The zero-order chi connectivity index (χ0) is 13.8. The molecule has 0 amide bonds. The Morgan fingerprint density at radius 3 is 2.33 bits per heavy atom. The average Bonchev–Trinajstić information content (AvgIpc) is 2.27. The Balaban J connectivity index is 2.63. The Hall–Kier alpha value is -1.49. The zero-order valence-corrected chi connectivity index (χ0v) is 12.1. The van der Waals surface area contributed by atoms with Crippen LogP contribution in [0.2, 0.25) is 0 Å². The third-order valence-corrected chi connectivity index (χ3v) is 2.94. The fourth-order valence-corrected chi connectivity index (χ4v) is 2.28. The first-order chi connectivity index (χ1) is 8.26. The molecular weight excluding hydrogens is 222 g/mol. The third-order valence-electron chi connectivity index (χ3n) is 2.94. The van der Waals surface area contributed by atoms with Gasteiger partial charge in [-0.1, -0.05) is 32.0 Å². The van der Waals surface area contributed by atoms with Crippen molar-refractivity contribution < 1.29 is 4.74 Å². The van der Waals surface area contributed by atoms with E-state index in [4.69, 9.17) is 10.00 Å². The highest BCUT2D eigenvalue weighted by atomic mass is 16.5. The second-order valence-corrected chi connectivity index (χ2v) is 6.39. The van der Waals surface area contributed by atoms with E-state index in [0.717, 1.165) is 17.7 Å². The number of rotatable bonds is 5. The second kappa shape index (κ2) is 5.44. The van der Waals surface area contributed by atoms with Crippen molar-refractivity contribution in [1.29, 1.82) is 5.26 Å². The van der Waals surface area contributed by atoms with E-state index < -0.39 is 0 Å². The molecule has 0 aliphatic rings. The molecule has 1 rings (SSSR count). The van der Waals surface area contributed by atoms with Crippen molar-refractivity contribution in [2.45, 2.75) is 41.0 Å². The maximum Gasteiger partial charge on any atom is 0.122 e. The lowest BCUT2D eigenvalue weighted by atomic mass is 9.76.